The fourth-order valence-electron chi connectivity index (χ4n) is 2.82. The summed E-state index contributed by atoms with van der Waals surface area (Å²) in [5.74, 6) is -1.55. The van der Waals surface area contributed by atoms with Gasteiger partial charge in [0.2, 0.25) is 0 Å². The Morgan fingerprint density at radius 3 is 2.29 bits per heavy atom. The van der Waals surface area contributed by atoms with Gasteiger partial charge in [-0.1, -0.05) is 24.3 Å². The molecule has 1 amide bonds. The van der Waals surface area contributed by atoms with Crippen molar-refractivity contribution in [2.75, 3.05) is 5.32 Å². The molecule has 35 heavy (non-hydrogen) atoms. The number of para-hydroxylation sites is 1. The van der Waals surface area contributed by atoms with Gasteiger partial charge in [0.25, 0.3) is 17.3 Å². The van der Waals surface area contributed by atoms with Crippen LogP contribution in [-0.4, -0.2) is 21.7 Å². The predicted molar refractivity (Wildman–Crippen MR) is 128 cm³/mol. The molecule has 0 saturated carbocycles. The molecule has 12 heteroatoms. The molecule has 1 N–H and O–H groups in total. The molecule has 3 aromatic rings. The Kier molecular flexibility index (Phi) is 7.65. The molecule has 11 nitrogen and oxygen atoms in total. The van der Waals surface area contributed by atoms with Gasteiger partial charge >= 0.3 is 5.97 Å². The minimum Gasteiger partial charge on any atom is -0.423 e. The van der Waals surface area contributed by atoms with E-state index in [1.165, 1.54) is 72.8 Å². The summed E-state index contributed by atoms with van der Waals surface area (Å²) in [6.07, 6.45) is 1.29. The molecule has 0 saturated heterocycles. The van der Waals surface area contributed by atoms with Crippen LogP contribution in [0.3, 0.4) is 0 Å². The number of amides is 1. The summed E-state index contributed by atoms with van der Waals surface area (Å²) < 4.78 is 5.45. The molecule has 0 aliphatic carbocycles. The number of rotatable bonds is 7. The summed E-state index contributed by atoms with van der Waals surface area (Å²) >= 11 is 3.14. The van der Waals surface area contributed by atoms with Crippen LogP contribution in [0.25, 0.3) is 6.08 Å². The molecule has 0 aliphatic heterocycles. The molecule has 0 radical (unpaired) electrons. The van der Waals surface area contributed by atoms with Crippen molar-refractivity contribution in [3.05, 3.63) is 108 Å². The predicted octanol–water partition coefficient (Wildman–Crippen LogP) is 5.03. The molecular weight excluding hydrogens is 524 g/mol. The number of carbonyl (C=O) groups excluding carboxylic acids is 2. The molecule has 3 aromatic carbocycles. The number of carbonyl (C=O) groups is 2. The van der Waals surface area contributed by atoms with Gasteiger partial charge < -0.3 is 10.1 Å². The zero-order chi connectivity index (χ0) is 25.5. The van der Waals surface area contributed by atoms with Gasteiger partial charge in [0.15, 0.2) is 0 Å². The van der Waals surface area contributed by atoms with Gasteiger partial charge in [0.1, 0.15) is 23.0 Å². The van der Waals surface area contributed by atoms with Crippen LogP contribution in [0.1, 0.15) is 15.9 Å². The molecule has 0 bridgehead atoms. The fourth-order valence-corrected chi connectivity index (χ4v) is 3.29. The van der Waals surface area contributed by atoms with E-state index in [0.717, 1.165) is 0 Å². The first kappa shape index (κ1) is 24.7. The van der Waals surface area contributed by atoms with Crippen LogP contribution in [0.2, 0.25) is 0 Å². The van der Waals surface area contributed by atoms with Crippen molar-refractivity contribution >= 4 is 50.9 Å². The monoisotopic (exact) mass is 536 g/mol. The molecule has 0 aromatic heterocycles. The van der Waals surface area contributed by atoms with E-state index in [1.54, 1.807) is 6.07 Å². The van der Waals surface area contributed by atoms with Crippen molar-refractivity contribution in [3.8, 4) is 11.8 Å². The van der Waals surface area contributed by atoms with Crippen molar-refractivity contribution in [1.29, 1.82) is 5.26 Å². The van der Waals surface area contributed by atoms with Crippen molar-refractivity contribution in [1.82, 2.24) is 0 Å². The molecule has 0 spiro atoms. The number of nitriles is 1. The van der Waals surface area contributed by atoms with Gasteiger partial charge in [-0.3, -0.25) is 25.0 Å². The number of nitrogens with one attached hydrogen (secondary N) is 1. The van der Waals surface area contributed by atoms with Crippen LogP contribution in [0.4, 0.5) is 17.1 Å². The second kappa shape index (κ2) is 10.8. The molecule has 0 aliphatic rings. The second-order valence-electron chi connectivity index (χ2n) is 6.78. The van der Waals surface area contributed by atoms with Crippen LogP contribution >= 0.6 is 15.9 Å². The van der Waals surface area contributed by atoms with Crippen molar-refractivity contribution < 1.29 is 24.2 Å². The van der Waals surface area contributed by atoms with E-state index in [2.05, 4.69) is 21.2 Å². The summed E-state index contributed by atoms with van der Waals surface area (Å²) in [6, 6.07) is 16.7. The van der Waals surface area contributed by atoms with Gasteiger partial charge in [-0.25, -0.2) is 4.79 Å². The van der Waals surface area contributed by atoms with Crippen LogP contribution in [0.5, 0.6) is 5.75 Å². The lowest BCUT2D eigenvalue weighted by molar-refractivity contribution is -0.385. The Labute approximate surface area is 205 Å². The van der Waals surface area contributed by atoms with Gasteiger partial charge in [-0.15, -0.1) is 0 Å². The number of anilines is 1. The molecule has 0 unspecified atom stereocenters. The lowest BCUT2D eigenvalue weighted by atomic mass is 10.1. The summed E-state index contributed by atoms with van der Waals surface area (Å²) in [6.45, 7) is 0. The largest absolute Gasteiger partial charge is 0.423 e. The first-order valence-corrected chi connectivity index (χ1v) is 10.4. The molecule has 0 fully saturated rings. The van der Waals surface area contributed by atoms with Crippen molar-refractivity contribution in [2.45, 2.75) is 0 Å². The number of benzene rings is 3. The van der Waals surface area contributed by atoms with E-state index < -0.39 is 21.7 Å². The maximum absolute atomic E-state index is 12.5. The smallest absolute Gasteiger partial charge is 0.350 e. The lowest BCUT2D eigenvalue weighted by Crippen LogP contribution is -2.14. The molecular formula is C23H13BrN4O7. The number of non-ortho nitro benzene ring substituents is 1. The Morgan fingerprint density at radius 2 is 1.69 bits per heavy atom. The Hall–Kier alpha value is -4.89. The third kappa shape index (κ3) is 6.12. The zero-order valence-corrected chi connectivity index (χ0v) is 19.1. The number of nitrogens with zero attached hydrogens (tertiary/aromatic N) is 3. The SMILES string of the molecule is N#C/C(=C\c1ccc(OC(=O)c2ccccc2[N+](=O)[O-])cc1)C(=O)Nc1ccc([N+](=O)[O-])cc1Br. The van der Waals surface area contributed by atoms with Gasteiger partial charge in [0, 0.05) is 22.7 Å². The fraction of sp³-hybridized carbons (Fsp3) is 0. The molecule has 174 valence electrons. The van der Waals surface area contributed by atoms with E-state index in [4.69, 9.17) is 4.74 Å². The third-order valence-electron chi connectivity index (χ3n) is 4.50. The van der Waals surface area contributed by atoms with E-state index >= 15 is 0 Å². The van der Waals surface area contributed by atoms with Crippen LogP contribution < -0.4 is 10.1 Å². The van der Waals surface area contributed by atoms with Crippen LogP contribution in [0.15, 0.2) is 76.8 Å². The Balaban J connectivity index is 1.73. The van der Waals surface area contributed by atoms with E-state index in [-0.39, 0.29) is 38.4 Å². The van der Waals surface area contributed by atoms with Crippen LogP contribution in [0, 0.1) is 31.6 Å². The summed E-state index contributed by atoms with van der Waals surface area (Å²) in [4.78, 5) is 45.5. The summed E-state index contributed by atoms with van der Waals surface area (Å²) in [7, 11) is 0. The van der Waals surface area contributed by atoms with Gasteiger partial charge in [-0.2, -0.15) is 5.26 Å². The maximum Gasteiger partial charge on any atom is 0.350 e. The number of esters is 1. The van der Waals surface area contributed by atoms with E-state index in [9.17, 15) is 35.1 Å². The highest BCUT2D eigenvalue weighted by atomic mass is 79.9. The third-order valence-corrected chi connectivity index (χ3v) is 5.16. The maximum atomic E-state index is 12.5. The quantitative estimate of drug-likeness (QED) is 0.109. The van der Waals surface area contributed by atoms with Gasteiger partial charge in [-0.05, 0) is 51.8 Å². The average Bonchev–Trinajstić information content (AvgIpc) is 2.84. The topological polar surface area (TPSA) is 165 Å². The van der Waals surface area contributed by atoms with Gasteiger partial charge in [0.05, 0.1) is 15.5 Å². The second-order valence-corrected chi connectivity index (χ2v) is 7.63. The molecule has 3 rings (SSSR count). The number of nitro groups is 2. The van der Waals surface area contributed by atoms with E-state index in [0.29, 0.717) is 5.56 Å². The van der Waals surface area contributed by atoms with Crippen LogP contribution in [-0.2, 0) is 4.79 Å². The Morgan fingerprint density at radius 1 is 1.00 bits per heavy atom. The minimum atomic E-state index is -0.911. The zero-order valence-electron chi connectivity index (χ0n) is 17.5. The molecule has 0 atom stereocenters. The first-order chi connectivity index (χ1) is 16.7. The highest BCUT2D eigenvalue weighted by molar-refractivity contribution is 9.10. The van der Waals surface area contributed by atoms with Crippen molar-refractivity contribution in [3.63, 3.8) is 0 Å². The van der Waals surface area contributed by atoms with Crippen molar-refractivity contribution in [2.24, 2.45) is 0 Å². The summed E-state index contributed by atoms with van der Waals surface area (Å²) in [5, 5.41) is 33.8. The summed E-state index contributed by atoms with van der Waals surface area (Å²) in [5.41, 5.74) is -0.346. The average molecular weight is 537 g/mol. The minimum absolute atomic E-state index is 0.100. The lowest BCUT2D eigenvalue weighted by Gasteiger charge is -2.07. The number of hydrogen-bond acceptors (Lipinski definition) is 8. The Bertz CT molecular complexity index is 1410. The number of nitro benzene ring substituents is 2. The normalized spacial score (nSPS) is 10.7. The number of ether oxygens (including phenoxy) is 1. The number of hydrogen-bond donors (Lipinski definition) is 1. The number of halogens is 1. The highest BCUT2D eigenvalue weighted by Crippen LogP contribution is 2.28. The first-order valence-electron chi connectivity index (χ1n) is 9.62. The highest BCUT2D eigenvalue weighted by Gasteiger charge is 2.21. The molecule has 0 heterocycles. The standard InChI is InChI=1S/C23H13BrN4O7/c24-19-12-16(27(31)32)7-10-20(19)26-22(29)15(13-25)11-14-5-8-17(9-6-14)35-23(30)18-3-1-2-4-21(18)28(33)34/h1-12H,(H,26,29)/b15-11+. The van der Waals surface area contributed by atoms with E-state index in [1.807, 2.05) is 0 Å².